The summed E-state index contributed by atoms with van der Waals surface area (Å²) >= 11 is 1.17. The Labute approximate surface area is 149 Å². The molecule has 25 heavy (non-hydrogen) atoms. The van der Waals surface area contributed by atoms with Crippen LogP contribution < -0.4 is 10.6 Å². The van der Waals surface area contributed by atoms with Crippen molar-refractivity contribution < 1.29 is 22.8 Å². The van der Waals surface area contributed by atoms with Crippen LogP contribution in [-0.4, -0.2) is 23.1 Å². The molecule has 130 valence electrons. The number of anilines is 2. The molecule has 0 fully saturated rings. The van der Waals surface area contributed by atoms with Crippen LogP contribution in [0.5, 0.6) is 0 Å². The Morgan fingerprint density at radius 3 is 2.56 bits per heavy atom. The zero-order chi connectivity index (χ0) is 18.0. The molecule has 0 unspecified atom stereocenters. The molecule has 0 saturated heterocycles. The zero-order valence-electron chi connectivity index (χ0n) is 12.5. The number of hydrogen-bond donors (Lipinski definition) is 2. The number of hydrogen-bond acceptors (Lipinski definition) is 4. The average molecular weight is 384 g/mol. The van der Waals surface area contributed by atoms with E-state index in [1.165, 1.54) is 36.0 Å². The largest absolute Gasteiger partial charge is 0.446 e. The molecule has 3 rings (SSSR count). The third kappa shape index (κ3) is 4.70. The highest BCUT2D eigenvalue weighted by Crippen LogP contribution is 2.37. The van der Waals surface area contributed by atoms with Crippen LogP contribution in [0.15, 0.2) is 52.3 Å². The lowest BCUT2D eigenvalue weighted by atomic mass is 10.2. The Bertz CT molecular complexity index is 823. The Morgan fingerprint density at radius 1 is 1.16 bits per heavy atom. The molecular weight excluding hydrogens is 373 g/mol. The summed E-state index contributed by atoms with van der Waals surface area (Å²) in [7, 11) is 0. The van der Waals surface area contributed by atoms with E-state index in [1.54, 1.807) is 18.2 Å². The lowest BCUT2D eigenvalue weighted by Gasteiger charge is -2.17. The van der Waals surface area contributed by atoms with E-state index < -0.39 is 11.4 Å². The molecule has 0 radical (unpaired) electrons. The van der Waals surface area contributed by atoms with Gasteiger partial charge in [0.05, 0.1) is 11.4 Å². The Morgan fingerprint density at radius 2 is 1.88 bits per heavy atom. The molecule has 0 saturated carbocycles. The normalized spacial score (nSPS) is 13.8. The SMILES string of the molecule is O=C1CSc2ccc(NC(=O)c3ccc(SC(F)(F)F)cc3)cc2N1. The summed E-state index contributed by atoms with van der Waals surface area (Å²) in [5.74, 6) is -0.210. The molecule has 2 amide bonds. The Balaban J connectivity index is 1.70. The molecule has 9 heteroatoms. The van der Waals surface area contributed by atoms with Crippen molar-refractivity contribution in [2.45, 2.75) is 15.3 Å². The maximum Gasteiger partial charge on any atom is 0.446 e. The van der Waals surface area contributed by atoms with Gasteiger partial charge in [-0.15, -0.1) is 11.8 Å². The van der Waals surface area contributed by atoms with Gasteiger partial charge in [-0.05, 0) is 54.2 Å². The van der Waals surface area contributed by atoms with Gasteiger partial charge in [-0.3, -0.25) is 9.59 Å². The number of benzene rings is 2. The van der Waals surface area contributed by atoms with Crippen molar-refractivity contribution in [2.75, 3.05) is 16.4 Å². The minimum atomic E-state index is -4.37. The summed E-state index contributed by atoms with van der Waals surface area (Å²) < 4.78 is 36.9. The van der Waals surface area contributed by atoms with Crippen LogP contribution in [0.4, 0.5) is 24.5 Å². The van der Waals surface area contributed by atoms with E-state index in [-0.39, 0.29) is 28.1 Å². The maximum atomic E-state index is 12.3. The van der Waals surface area contributed by atoms with Crippen LogP contribution in [0, 0.1) is 0 Å². The van der Waals surface area contributed by atoms with Gasteiger partial charge in [0.2, 0.25) is 5.91 Å². The van der Waals surface area contributed by atoms with E-state index in [4.69, 9.17) is 0 Å². The summed E-state index contributed by atoms with van der Waals surface area (Å²) in [6.07, 6.45) is 0. The smallest absolute Gasteiger partial charge is 0.324 e. The molecule has 1 heterocycles. The molecule has 0 aromatic heterocycles. The first-order chi connectivity index (χ1) is 11.8. The van der Waals surface area contributed by atoms with E-state index in [0.29, 0.717) is 17.1 Å². The second kappa shape index (κ2) is 7.01. The molecule has 0 spiro atoms. The van der Waals surface area contributed by atoms with Crippen molar-refractivity contribution in [3.8, 4) is 0 Å². The van der Waals surface area contributed by atoms with Gasteiger partial charge >= 0.3 is 5.51 Å². The third-order valence-corrected chi connectivity index (χ3v) is 5.03. The summed E-state index contributed by atoms with van der Waals surface area (Å²) in [5, 5.41) is 5.38. The topological polar surface area (TPSA) is 58.2 Å². The zero-order valence-corrected chi connectivity index (χ0v) is 14.1. The van der Waals surface area contributed by atoms with E-state index >= 15 is 0 Å². The van der Waals surface area contributed by atoms with Crippen LogP contribution in [0.1, 0.15) is 10.4 Å². The Hall–Kier alpha value is -2.13. The standard InChI is InChI=1S/C16H11F3N2O2S2/c17-16(18,19)25-11-4-1-9(2-5-11)15(23)20-10-3-6-13-12(7-10)21-14(22)8-24-13/h1-7H,8H2,(H,20,23)(H,21,22). The molecule has 0 aliphatic carbocycles. The summed E-state index contributed by atoms with van der Waals surface area (Å²) in [6, 6.07) is 10.3. The van der Waals surface area contributed by atoms with Gasteiger partial charge < -0.3 is 10.6 Å². The quantitative estimate of drug-likeness (QED) is 0.760. The lowest BCUT2D eigenvalue weighted by Crippen LogP contribution is -2.19. The Kier molecular flexibility index (Phi) is 4.96. The number of fused-ring (bicyclic) bond motifs is 1. The van der Waals surface area contributed by atoms with Crippen molar-refractivity contribution in [1.82, 2.24) is 0 Å². The highest BCUT2D eigenvalue weighted by molar-refractivity contribution is 8.00. The molecule has 2 aromatic carbocycles. The second-order valence-corrected chi connectivity index (χ2v) is 7.23. The number of thioether (sulfide) groups is 2. The summed E-state index contributed by atoms with van der Waals surface area (Å²) in [5.41, 5.74) is -3.02. The number of carbonyl (C=O) groups excluding carboxylic acids is 2. The molecule has 1 aliphatic rings. The van der Waals surface area contributed by atoms with Crippen LogP contribution in [-0.2, 0) is 4.79 Å². The fourth-order valence-electron chi connectivity index (χ4n) is 2.17. The fourth-order valence-corrected chi connectivity index (χ4v) is 3.50. The van der Waals surface area contributed by atoms with E-state index in [1.807, 2.05) is 0 Å². The minimum absolute atomic E-state index is 0.0116. The molecular formula is C16H11F3N2O2S2. The van der Waals surface area contributed by atoms with Gasteiger partial charge in [0, 0.05) is 21.0 Å². The number of amides is 2. The van der Waals surface area contributed by atoms with Crippen molar-refractivity contribution in [3.05, 3.63) is 48.0 Å². The third-order valence-electron chi connectivity index (χ3n) is 3.22. The maximum absolute atomic E-state index is 12.3. The number of halogens is 3. The first-order valence-electron chi connectivity index (χ1n) is 7.04. The molecule has 2 N–H and O–H groups in total. The van der Waals surface area contributed by atoms with Crippen molar-refractivity contribution in [2.24, 2.45) is 0 Å². The lowest BCUT2D eigenvalue weighted by molar-refractivity contribution is -0.113. The first-order valence-corrected chi connectivity index (χ1v) is 8.84. The van der Waals surface area contributed by atoms with Gasteiger partial charge in [0.15, 0.2) is 0 Å². The minimum Gasteiger partial charge on any atom is -0.324 e. The van der Waals surface area contributed by atoms with Gasteiger partial charge in [-0.1, -0.05) is 0 Å². The number of carbonyl (C=O) groups is 2. The molecule has 0 bridgehead atoms. The van der Waals surface area contributed by atoms with Crippen molar-refractivity contribution in [1.29, 1.82) is 0 Å². The van der Waals surface area contributed by atoms with E-state index in [0.717, 1.165) is 4.90 Å². The van der Waals surface area contributed by atoms with Crippen molar-refractivity contribution >= 4 is 46.7 Å². The predicted molar refractivity (Wildman–Crippen MR) is 92.1 cm³/mol. The fraction of sp³-hybridized carbons (Fsp3) is 0.125. The van der Waals surface area contributed by atoms with Gasteiger partial charge in [-0.2, -0.15) is 13.2 Å². The number of nitrogens with one attached hydrogen (secondary N) is 2. The summed E-state index contributed by atoms with van der Waals surface area (Å²) in [6.45, 7) is 0. The van der Waals surface area contributed by atoms with Gasteiger partial charge in [0.25, 0.3) is 5.91 Å². The van der Waals surface area contributed by atoms with E-state index in [2.05, 4.69) is 10.6 Å². The van der Waals surface area contributed by atoms with Crippen LogP contribution in [0.25, 0.3) is 0 Å². The molecule has 2 aromatic rings. The molecule has 4 nitrogen and oxygen atoms in total. The first kappa shape index (κ1) is 17.7. The van der Waals surface area contributed by atoms with E-state index in [9.17, 15) is 22.8 Å². The van der Waals surface area contributed by atoms with Crippen LogP contribution in [0.2, 0.25) is 0 Å². The summed E-state index contributed by atoms with van der Waals surface area (Å²) in [4.78, 5) is 24.5. The molecule has 1 aliphatic heterocycles. The molecule has 0 atom stereocenters. The number of rotatable bonds is 3. The monoisotopic (exact) mass is 384 g/mol. The highest BCUT2D eigenvalue weighted by atomic mass is 32.2. The highest BCUT2D eigenvalue weighted by Gasteiger charge is 2.29. The van der Waals surface area contributed by atoms with Gasteiger partial charge in [0.1, 0.15) is 0 Å². The van der Waals surface area contributed by atoms with Crippen molar-refractivity contribution in [3.63, 3.8) is 0 Å². The van der Waals surface area contributed by atoms with Crippen LogP contribution >= 0.6 is 23.5 Å². The average Bonchev–Trinajstić information content (AvgIpc) is 2.53. The van der Waals surface area contributed by atoms with Gasteiger partial charge in [-0.25, -0.2) is 0 Å². The number of alkyl halides is 3. The predicted octanol–water partition coefficient (Wildman–Crippen LogP) is 4.60. The second-order valence-electron chi connectivity index (χ2n) is 5.07. The van der Waals surface area contributed by atoms with Crippen LogP contribution in [0.3, 0.4) is 0 Å².